The van der Waals surface area contributed by atoms with Crippen LogP contribution >= 0.6 is 0 Å². The first-order valence-electron chi connectivity index (χ1n) is 12.7. The second-order valence-electron chi connectivity index (χ2n) is 10.1. The maximum Gasteiger partial charge on any atom is 0.276 e. The number of hydrogen-bond donors (Lipinski definition) is 1. The minimum atomic E-state index is -3.62. The quantitative estimate of drug-likeness (QED) is 0.399. The van der Waals surface area contributed by atoms with Gasteiger partial charge in [0, 0.05) is 24.2 Å². The van der Waals surface area contributed by atoms with Gasteiger partial charge in [0.05, 0.1) is 16.8 Å². The summed E-state index contributed by atoms with van der Waals surface area (Å²) in [5.41, 5.74) is 1.15. The number of amides is 1. The summed E-state index contributed by atoms with van der Waals surface area (Å²) in [5.74, 6) is 0.122. The number of anilines is 1. The molecule has 8 nitrogen and oxygen atoms in total. The zero-order valence-corrected chi connectivity index (χ0v) is 22.2. The molecule has 9 heteroatoms. The molecular weight excluding hydrogens is 500 g/mol. The Hall–Kier alpha value is -3.82. The van der Waals surface area contributed by atoms with Crippen LogP contribution in [0.5, 0.6) is 0 Å². The number of carbonyl (C=O) groups excluding carboxylic acids is 1. The van der Waals surface area contributed by atoms with Crippen molar-refractivity contribution in [1.29, 1.82) is 0 Å². The summed E-state index contributed by atoms with van der Waals surface area (Å²) in [4.78, 5) is 26.6. The normalized spacial score (nSPS) is 18.4. The lowest BCUT2D eigenvalue weighted by molar-refractivity contribution is 0.102. The van der Waals surface area contributed by atoms with Crippen molar-refractivity contribution in [3.05, 3.63) is 100 Å². The first kappa shape index (κ1) is 25.8. The number of carbonyl (C=O) groups is 1. The van der Waals surface area contributed by atoms with Crippen LogP contribution in [0.2, 0.25) is 0 Å². The molecule has 0 spiro atoms. The molecular formula is C29H30N4O4S. The highest BCUT2D eigenvalue weighted by Gasteiger charge is 2.31. The molecule has 2 atom stereocenters. The fourth-order valence-corrected chi connectivity index (χ4v) is 6.80. The number of nitrogens with zero attached hydrogens (tertiary/aromatic N) is 3. The molecule has 3 aromatic carbocycles. The summed E-state index contributed by atoms with van der Waals surface area (Å²) < 4.78 is 29.2. The Bertz CT molecular complexity index is 1620. The number of rotatable bonds is 6. The highest BCUT2D eigenvalue weighted by Crippen LogP contribution is 2.27. The van der Waals surface area contributed by atoms with Gasteiger partial charge >= 0.3 is 0 Å². The Balaban J connectivity index is 1.41. The summed E-state index contributed by atoms with van der Waals surface area (Å²) in [6.45, 7) is 5.37. The van der Waals surface area contributed by atoms with Crippen LogP contribution in [0.3, 0.4) is 0 Å². The van der Waals surface area contributed by atoms with E-state index >= 15 is 0 Å². The minimum Gasteiger partial charge on any atom is -0.321 e. The predicted molar refractivity (Wildman–Crippen MR) is 148 cm³/mol. The standard InChI is InChI=1S/C29H30N4O4S/c1-20-16-21(2)18-32(17-20)38(36,37)24-14-12-23(13-15-24)30-28(34)27-25-10-6-7-11-26(25)29(35)33(31-27)19-22-8-4-3-5-9-22/h3-15,20-21H,16-19H2,1-2H3,(H,30,34)/t20-,21-/m0/s1. The first-order valence-corrected chi connectivity index (χ1v) is 14.1. The molecule has 0 saturated carbocycles. The zero-order valence-electron chi connectivity index (χ0n) is 21.4. The van der Waals surface area contributed by atoms with E-state index in [9.17, 15) is 18.0 Å². The molecule has 2 heterocycles. The first-order chi connectivity index (χ1) is 18.2. The van der Waals surface area contributed by atoms with Gasteiger partial charge in [-0.3, -0.25) is 9.59 Å². The average molecular weight is 531 g/mol. The number of fused-ring (bicyclic) bond motifs is 1. The third-order valence-corrected chi connectivity index (χ3v) is 8.69. The van der Waals surface area contributed by atoms with Crippen LogP contribution in [0, 0.1) is 11.8 Å². The van der Waals surface area contributed by atoms with Gasteiger partial charge < -0.3 is 5.32 Å². The molecule has 1 aliphatic heterocycles. The van der Waals surface area contributed by atoms with Gasteiger partial charge in [-0.05, 0) is 54.2 Å². The summed E-state index contributed by atoms with van der Waals surface area (Å²) in [6.07, 6.45) is 1.01. The summed E-state index contributed by atoms with van der Waals surface area (Å²) >= 11 is 0. The maximum absolute atomic E-state index is 13.3. The van der Waals surface area contributed by atoms with Gasteiger partial charge in [0.2, 0.25) is 10.0 Å². The minimum absolute atomic E-state index is 0.115. The molecule has 196 valence electrons. The van der Waals surface area contributed by atoms with Crippen LogP contribution in [-0.2, 0) is 16.6 Å². The van der Waals surface area contributed by atoms with Crippen molar-refractivity contribution >= 4 is 32.4 Å². The van der Waals surface area contributed by atoms with Gasteiger partial charge in [-0.2, -0.15) is 9.40 Å². The van der Waals surface area contributed by atoms with E-state index < -0.39 is 15.9 Å². The fourth-order valence-electron chi connectivity index (χ4n) is 5.12. The number of hydrogen-bond acceptors (Lipinski definition) is 5. The molecule has 1 amide bonds. The summed E-state index contributed by atoms with van der Waals surface area (Å²) in [5, 5.41) is 8.07. The molecule has 0 radical (unpaired) electrons. The molecule has 1 aromatic heterocycles. The molecule has 1 fully saturated rings. The molecule has 38 heavy (non-hydrogen) atoms. The Labute approximate surface area is 222 Å². The van der Waals surface area contributed by atoms with Gasteiger partial charge in [-0.1, -0.05) is 62.4 Å². The predicted octanol–water partition coefficient (Wildman–Crippen LogP) is 4.36. The number of nitrogens with one attached hydrogen (secondary N) is 1. The SMILES string of the molecule is C[C@H]1C[C@H](C)CN(S(=O)(=O)c2ccc(NC(=O)c3nn(Cc4ccccc4)c(=O)c4ccccc34)cc2)C1. The fraction of sp³-hybridized carbons (Fsp3) is 0.276. The lowest BCUT2D eigenvalue weighted by Crippen LogP contribution is -2.42. The van der Waals surface area contributed by atoms with Gasteiger partial charge in [-0.25, -0.2) is 13.1 Å². The molecule has 4 aromatic rings. The Kier molecular flexibility index (Phi) is 7.14. The molecule has 1 N–H and O–H groups in total. The van der Waals surface area contributed by atoms with E-state index in [0.29, 0.717) is 41.4 Å². The van der Waals surface area contributed by atoms with Crippen molar-refractivity contribution in [2.75, 3.05) is 18.4 Å². The highest BCUT2D eigenvalue weighted by atomic mass is 32.2. The number of sulfonamides is 1. The van der Waals surface area contributed by atoms with E-state index in [0.717, 1.165) is 12.0 Å². The molecule has 0 aliphatic carbocycles. The zero-order chi connectivity index (χ0) is 26.9. The molecule has 1 saturated heterocycles. The van der Waals surface area contributed by atoms with Crippen LogP contribution in [0.4, 0.5) is 5.69 Å². The van der Waals surface area contributed by atoms with Crippen molar-refractivity contribution < 1.29 is 13.2 Å². The van der Waals surface area contributed by atoms with Crippen LogP contribution < -0.4 is 10.9 Å². The number of piperidine rings is 1. The Morgan fingerprint density at radius 2 is 1.50 bits per heavy atom. The second-order valence-corrected chi connectivity index (χ2v) is 12.0. The third kappa shape index (κ3) is 5.25. The van der Waals surface area contributed by atoms with E-state index in [4.69, 9.17) is 0 Å². The second kappa shape index (κ2) is 10.5. The van der Waals surface area contributed by atoms with Crippen LogP contribution in [0.15, 0.2) is 88.6 Å². The highest BCUT2D eigenvalue weighted by molar-refractivity contribution is 7.89. The van der Waals surface area contributed by atoms with E-state index in [-0.39, 0.29) is 22.7 Å². The van der Waals surface area contributed by atoms with Crippen molar-refractivity contribution in [2.24, 2.45) is 11.8 Å². The molecule has 0 unspecified atom stereocenters. The summed E-state index contributed by atoms with van der Waals surface area (Å²) in [6, 6.07) is 22.5. The van der Waals surface area contributed by atoms with Crippen molar-refractivity contribution in [3.63, 3.8) is 0 Å². The van der Waals surface area contributed by atoms with Gasteiger partial charge in [0.25, 0.3) is 11.5 Å². The summed E-state index contributed by atoms with van der Waals surface area (Å²) in [7, 11) is -3.62. The number of benzene rings is 3. The molecule has 1 aliphatic rings. The Morgan fingerprint density at radius 3 is 2.16 bits per heavy atom. The van der Waals surface area contributed by atoms with Crippen molar-refractivity contribution in [1.82, 2.24) is 14.1 Å². The van der Waals surface area contributed by atoms with E-state index in [2.05, 4.69) is 24.3 Å². The lowest BCUT2D eigenvalue weighted by atomic mass is 9.94. The average Bonchev–Trinajstić information content (AvgIpc) is 2.90. The monoisotopic (exact) mass is 530 g/mol. The third-order valence-electron chi connectivity index (χ3n) is 6.84. The van der Waals surface area contributed by atoms with Crippen LogP contribution in [-0.4, -0.2) is 41.5 Å². The largest absolute Gasteiger partial charge is 0.321 e. The molecule has 5 rings (SSSR count). The Morgan fingerprint density at radius 1 is 0.895 bits per heavy atom. The smallest absolute Gasteiger partial charge is 0.276 e. The van der Waals surface area contributed by atoms with Gasteiger partial charge in [0.15, 0.2) is 5.69 Å². The van der Waals surface area contributed by atoms with Crippen LogP contribution in [0.1, 0.15) is 36.3 Å². The lowest BCUT2D eigenvalue weighted by Gasteiger charge is -2.34. The number of aromatic nitrogens is 2. The maximum atomic E-state index is 13.3. The van der Waals surface area contributed by atoms with E-state index in [1.807, 2.05) is 30.3 Å². The van der Waals surface area contributed by atoms with Crippen LogP contribution in [0.25, 0.3) is 10.8 Å². The van der Waals surface area contributed by atoms with Gasteiger partial charge in [-0.15, -0.1) is 0 Å². The van der Waals surface area contributed by atoms with E-state index in [1.54, 1.807) is 40.7 Å². The topological polar surface area (TPSA) is 101 Å². The van der Waals surface area contributed by atoms with Gasteiger partial charge in [0.1, 0.15) is 0 Å². The molecule has 0 bridgehead atoms. The van der Waals surface area contributed by atoms with Crippen molar-refractivity contribution in [2.45, 2.75) is 31.7 Å². The van der Waals surface area contributed by atoms with E-state index in [1.165, 1.54) is 16.8 Å². The van der Waals surface area contributed by atoms with Crippen molar-refractivity contribution in [3.8, 4) is 0 Å².